The molecule has 28 heavy (non-hydrogen) atoms. The standard InChI is InChI=1S/C21H23ClN4O2/c1-14(23)27-20(24)16-5-6-18(25-13-16)26-11-9-21(10-12-26)8-7-15-3-2-4-17(22)19(15)28-21/h2-6,13,23-24H,7-12H2,1H3. The number of hydrogen-bond donors (Lipinski definition) is 2. The van der Waals surface area contributed by atoms with Crippen LogP contribution in [-0.4, -0.2) is 35.5 Å². The van der Waals surface area contributed by atoms with Crippen LogP contribution < -0.4 is 9.64 Å². The maximum absolute atomic E-state index is 7.84. The Labute approximate surface area is 169 Å². The van der Waals surface area contributed by atoms with Gasteiger partial charge in [0.1, 0.15) is 17.2 Å². The molecular weight excluding hydrogens is 376 g/mol. The Kier molecular flexibility index (Phi) is 4.98. The SMILES string of the molecule is CC(=N)OC(=N)c1ccc(N2CCC3(CCc4cccc(Cl)c4O3)CC2)nc1. The van der Waals surface area contributed by atoms with E-state index in [2.05, 4.69) is 16.0 Å². The van der Waals surface area contributed by atoms with Gasteiger partial charge < -0.3 is 14.4 Å². The number of ether oxygens (including phenoxy) is 2. The molecule has 0 amide bonds. The van der Waals surface area contributed by atoms with Gasteiger partial charge in [-0.25, -0.2) is 4.98 Å². The number of aryl methyl sites for hydroxylation is 1. The average Bonchev–Trinajstić information content (AvgIpc) is 2.69. The first kappa shape index (κ1) is 18.7. The van der Waals surface area contributed by atoms with Crippen molar-refractivity contribution in [2.75, 3.05) is 18.0 Å². The molecule has 0 unspecified atom stereocenters. The van der Waals surface area contributed by atoms with E-state index in [4.69, 9.17) is 31.9 Å². The van der Waals surface area contributed by atoms with Crippen LogP contribution in [0.5, 0.6) is 5.75 Å². The second-order valence-corrected chi connectivity index (χ2v) is 7.80. The second kappa shape index (κ2) is 7.43. The maximum atomic E-state index is 7.84. The van der Waals surface area contributed by atoms with Gasteiger partial charge >= 0.3 is 0 Å². The third kappa shape index (κ3) is 3.69. The molecule has 6 nitrogen and oxygen atoms in total. The lowest BCUT2D eigenvalue weighted by atomic mass is 9.83. The summed E-state index contributed by atoms with van der Waals surface area (Å²) in [6.07, 6.45) is 5.48. The molecule has 2 N–H and O–H groups in total. The number of hydrogen-bond acceptors (Lipinski definition) is 6. The summed E-state index contributed by atoms with van der Waals surface area (Å²) in [5.74, 6) is 1.67. The molecule has 146 valence electrons. The van der Waals surface area contributed by atoms with E-state index in [0.717, 1.165) is 50.3 Å². The zero-order chi connectivity index (χ0) is 19.7. The maximum Gasteiger partial charge on any atom is 0.222 e. The van der Waals surface area contributed by atoms with Gasteiger partial charge in [-0.05, 0) is 36.6 Å². The fourth-order valence-electron chi connectivity index (χ4n) is 3.91. The number of para-hydroxylation sites is 1. The Hall–Kier alpha value is -2.60. The van der Waals surface area contributed by atoms with Crippen molar-refractivity contribution in [2.45, 2.75) is 38.2 Å². The molecule has 2 aliphatic rings. The largest absolute Gasteiger partial charge is 0.485 e. The van der Waals surface area contributed by atoms with Crippen molar-refractivity contribution >= 4 is 29.2 Å². The number of nitrogens with one attached hydrogen (secondary N) is 2. The molecule has 0 aliphatic carbocycles. The minimum Gasteiger partial charge on any atom is -0.485 e. The fourth-order valence-corrected chi connectivity index (χ4v) is 4.14. The van der Waals surface area contributed by atoms with Crippen LogP contribution >= 0.6 is 11.6 Å². The highest BCUT2D eigenvalue weighted by Gasteiger charge is 2.40. The summed E-state index contributed by atoms with van der Waals surface area (Å²) in [5.41, 5.74) is 1.61. The topological polar surface area (TPSA) is 82.3 Å². The van der Waals surface area contributed by atoms with Gasteiger partial charge in [-0.3, -0.25) is 10.8 Å². The van der Waals surface area contributed by atoms with E-state index in [1.165, 1.54) is 12.5 Å². The molecule has 0 bridgehead atoms. The average molecular weight is 399 g/mol. The van der Waals surface area contributed by atoms with Crippen LogP contribution in [0.25, 0.3) is 0 Å². The zero-order valence-corrected chi connectivity index (χ0v) is 16.6. The van der Waals surface area contributed by atoms with Gasteiger partial charge in [0.05, 0.1) is 10.6 Å². The van der Waals surface area contributed by atoms with E-state index in [1.54, 1.807) is 6.20 Å². The lowest BCUT2D eigenvalue weighted by molar-refractivity contribution is 0.0226. The summed E-state index contributed by atoms with van der Waals surface area (Å²) in [5, 5.41) is 15.9. The Morgan fingerprint density at radius 2 is 1.96 bits per heavy atom. The van der Waals surface area contributed by atoms with E-state index in [1.807, 2.05) is 24.3 Å². The highest BCUT2D eigenvalue weighted by atomic mass is 35.5. The monoisotopic (exact) mass is 398 g/mol. The molecule has 4 rings (SSSR count). The van der Waals surface area contributed by atoms with Gasteiger partial charge in [0.2, 0.25) is 5.90 Å². The van der Waals surface area contributed by atoms with Crippen LogP contribution in [-0.2, 0) is 11.2 Å². The van der Waals surface area contributed by atoms with Crippen molar-refractivity contribution in [2.24, 2.45) is 0 Å². The van der Waals surface area contributed by atoms with E-state index in [9.17, 15) is 0 Å². The molecule has 1 spiro atoms. The molecule has 1 aromatic carbocycles. The van der Waals surface area contributed by atoms with Crippen molar-refractivity contribution in [3.05, 3.63) is 52.7 Å². The zero-order valence-electron chi connectivity index (χ0n) is 15.8. The van der Waals surface area contributed by atoms with E-state index >= 15 is 0 Å². The first-order valence-corrected chi connectivity index (χ1v) is 9.83. The first-order chi connectivity index (χ1) is 13.5. The number of fused-ring (bicyclic) bond motifs is 1. The first-order valence-electron chi connectivity index (χ1n) is 9.45. The minimum atomic E-state index is -0.147. The number of rotatable bonds is 2. The Bertz CT molecular complexity index is 905. The van der Waals surface area contributed by atoms with Crippen molar-refractivity contribution in [3.63, 3.8) is 0 Å². The second-order valence-electron chi connectivity index (χ2n) is 7.39. The van der Waals surface area contributed by atoms with Crippen LogP contribution in [0.15, 0.2) is 36.5 Å². The highest BCUT2D eigenvalue weighted by molar-refractivity contribution is 6.32. The number of pyridine rings is 1. The van der Waals surface area contributed by atoms with E-state index in [0.29, 0.717) is 10.6 Å². The molecule has 1 fully saturated rings. The van der Waals surface area contributed by atoms with Crippen molar-refractivity contribution in [1.82, 2.24) is 4.98 Å². The molecule has 0 saturated carbocycles. The van der Waals surface area contributed by atoms with Gasteiger partial charge in [0.15, 0.2) is 5.90 Å². The Balaban J connectivity index is 1.41. The summed E-state index contributed by atoms with van der Waals surface area (Å²) in [6.45, 7) is 3.22. The summed E-state index contributed by atoms with van der Waals surface area (Å²) in [6, 6.07) is 9.68. The molecule has 0 radical (unpaired) electrons. The summed E-state index contributed by atoms with van der Waals surface area (Å²) in [4.78, 5) is 6.73. The number of nitrogens with zero attached hydrogens (tertiary/aromatic N) is 2. The van der Waals surface area contributed by atoms with Crippen LogP contribution in [0, 0.1) is 10.8 Å². The van der Waals surface area contributed by atoms with Crippen LogP contribution in [0.2, 0.25) is 5.02 Å². The Morgan fingerprint density at radius 1 is 1.18 bits per heavy atom. The molecule has 2 aromatic rings. The number of anilines is 1. The number of piperidine rings is 1. The van der Waals surface area contributed by atoms with Crippen LogP contribution in [0.1, 0.15) is 37.3 Å². The summed E-state index contributed by atoms with van der Waals surface area (Å²) >= 11 is 6.35. The van der Waals surface area contributed by atoms with Gasteiger partial charge in [0, 0.05) is 39.1 Å². The molecular formula is C21H23ClN4O2. The molecule has 7 heteroatoms. The fraction of sp³-hybridized carbons (Fsp3) is 0.381. The molecule has 3 heterocycles. The lowest BCUT2D eigenvalue weighted by Gasteiger charge is -2.45. The summed E-state index contributed by atoms with van der Waals surface area (Å²) in [7, 11) is 0. The molecule has 1 saturated heterocycles. The third-order valence-corrected chi connectivity index (χ3v) is 5.78. The highest BCUT2D eigenvalue weighted by Crippen LogP contribution is 2.43. The van der Waals surface area contributed by atoms with E-state index < -0.39 is 0 Å². The number of aromatic nitrogens is 1. The predicted octanol–water partition coefficient (Wildman–Crippen LogP) is 4.44. The Morgan fingerprint density at radius 3 is 2.64 bits per heavy atom. The minimum absolute atomic E-state index is 0.00966. The normalized spacial score (nSPS) is 17.6. The van der Waals surface area contributed by atoms with E-state index in [-0.39, 0.29) is 17.4 Å². The number of benzene rings is 1. The van der Waals surface area contributed by atoms with Crippen molar-refractivity contribution < 1.29 is 9.47 Å². The van der Waals surface area contributed by atoms with Gasteiger partial charge in [-0.15, -0.1) is 0 Å². The van der Waals surface area contributed by atoms with Crippen molar-refractivity contribution in [1.29, 1.82) is 10.8 Å². The van der Waals surface area contributed by atoms with Gasteiger partial charge in [0.25, 0.3) is 0 Å². The summed E-state index contributed by atoms with van der Waals surface area (Å²) < 4.78 is 11.4. The van der Waals surface area contributed by atoms with Crippen molar-refractivity contribution in [3.8, 4) is 5.75 Å². The van der Waals surface area contributed by atoms with Crippen LogP contribution in [0.3, 0.4) is 0 Å². The number of halogens is 1. The van der Waals surface area contributed by atoms with Gasteiger partial charge in [-0.1, -0.05) is 23.7 Å². The molecule has 2 aliphatic heterocycles. The molecule has 0 atom stereocenters. The smallest absolute Gasteiger partial charge is 0.222 e. The quantitative estimate of drug-likeness (QED) is 0.578. The molecule has 1 aromatic heterocycles. The van der Waals surface area contributed by atoms with Gasteiger partial charge in [-0.2, -0.15) is 0 Å². The third-order valence-electron chi connectivity index (χ3n) is 5.48. The van der Waals surface area contributed by atoms with Crippen LogP contribution in [0.4, 0.5) is 5.82 Å². The lowest BCUT2D eigenvalue weighted by Crippen LogP contribution is -2.50. The predicted molar refractivity (Wildman–Crippen MR) is 110 cm³/mol.